The molecule has 3 heterocycles. The second-order valence-corrected chi connectivity index (χ2v) is 9.12. The summed E-state index contributed by atoms with van der Waals surface area (Å²) >= 11 is 0. The summed E-state index contributed by atoms with van der Waals surface area (Å²) in [6, 6.07) is 7.93. The topological polar surface area (TPSA) is 67.2 Å². The van der Waals surface area contributed by atoms with E-state index >= 15 is 0 Å². The molecule has 6 heteroatoms. The highest BCUT2D eigenvalue weighted by molar-refractivity contribution is 6.03. The first-order chi connectivity index (χ1) is 13.8. The first kappa shape index (κ1) is 19.7. The van der Waals surface area contributed by atoms with E-state index in [1.54, 1.807) is 0 Å². The molecule has 1 aromatic carbocycles. The average molecular weight is 395 g/mol. The van der Waals surface area contributed by atoms with Crippen molar-refractivity contribution in [1.29, 1.82) is 0 Å². The molecule has 4 rings (SSSR count). The number of amides is 2. The fourth-order valence-corrected chi connectivity index (χ4v) is 4.20. The molecule has 0 aliphatic carbocycles. The van der Waals surface area contributed by atoms with Crippen LogP contribution in [0.2, 0.25) is 0 Å². The predicted octanol–water partition coefficient (Wildman–Crippen LogP) is 4.01. The van der Waals surface area contributed by atoms with E-state index in [4.69, 9.17) is 0 Å². The number of rotatable bonds is 3. The van der Waals surface area contributed by atoms with E-state index in [-0.39, 0.29) is 17.2 Å². The molecule has 29 heavy (non-hydrogen) atoms. The van der Waals surface area contributed by atoms with Crippen LogP contribution in [0.1, 0.15) is 78.8 Å². The number of likely N-dealkylation sites (tertiary alicyclic amines) is 1. The van der Waals surface area contributed by atoms with Gasteiger partial charge in [0.1, 0.15) is 5.69 Å². The normalized spacial score (nSPS) is 16.6. The second-order valence-electron chi connectivity index (χ2n) is 9.12. The molecular weight excluding hydrogens is 364 g/mol. The maximum absolute atomic E-state index is 13.0. The maximum atomic E-state index is 13.0. The largest absolute Gasteiger partial charge is 0.337 e. The quantitative estimate of drug-likeness (QED) is 0.855. The lowest BCUT2D eigenvalue weighted by atomic mass is 9.87. The van der Waals surface area contributed by atoms with Crippen molar-refractivity contribution in [2.45, 2.75) is 64.8 Å². The first-order valence-electron chi connectivity index (χ1n) is 10.6. The lowest BCUT2D eigenvalue weighted by Crippen LogP contribution is -2.29. The second kappa shape index (κ2) is 7.65. The van der Waals surface area contributed by atoms with Crippen LogP contribution in [0.5, 0.6) is 0 Å². The van der Waals surface area contributed by atoms with Crippen LogP contribution < -0.4 is 5.32 Å². The van der Waals surface area contributed by atoms with Crippen molar-refractivity contribution < 1.29 is 9.59 Å². The van der Waals surface area contributed by atoms with Gasteiger partial charge in [0.2, 0.25) is 0 Å². The molecule has 6 nitrogen and oxygen atoms in total. The average Bonchev–Trinajstić information content (AvgIpc) is 3.35. The van der Waals surface area contributed by atoms with Crippen LogP contribution in [0.15, 0.2) is 24.3 Å². The Balaban J connectivity index is 1.59. The number of benzene rings is 1. The van der Waals surface area contributed by atoms with E-state index in [9.17, 15) is 9.59 Å². The molecule has 1 N–H and O–H groups in total. The van der Waals surface area contributed by atoms with Crippen molar-refractivity contribution in [1.82, 2.24) is 14.5 Å². The van der Waals surface area contributed by atoms with Gasteiger partial charge < -0.3 is 14.8 Å². The summed E-state index contributed by atoms with van der Waals surface area (Å²) in [6.45, 7) is 8.80. The molecule has 2 aliphatic rings. The molecule has 1 fully saturated rings. The van der Waals surface area contributed by atoms with Crippen LogP contribution in [-0.2, 0) is 18.4 Å². The Morgan fingerprint density at radius 1 is 0.966 bits per heavy atom. The highest BCUT2D eigenvalue weighted by Gasteiger charge is 2.30. The predicted molar refractivity (Wildman–Crippen MR) is 113 cm³/mol. The third kappa shape index (κ3) is 3.93. The summed E-state index contributed by atoms with van der Waals surface area (Å²) < 4.78 is 1.95. The molecule has 0 atom stereocenters. The van der Waals surface area contributed by atoms with Crippen molar-refractivity contribution in [2.75, 3.05) is 18.4 Å². The van der Waals surface area contributed by atoms with Gasteiger partial charge >= 0.3 is 0 Å². The molecular formula is C23H30N4O2. The summed E-state index contributed by atoms with van der Waals surface area (Å²) in [4.78, 5) is 32.4. The van der Waals surface area contributed by atoms with Crippen molar-refractivity contribution in [3.8, 4) is 0 Å². The van der Waals surface area contributed by atoms with Gasteiger partial charge in [-0.2, -0.15) is 0 Å². The van der Waals surface area contributed by atoms with Crippen LogP contribution in [0.4, 0.5) is 5.69 Å². The van der Waals surface area contributed by atoms with Crippen molar-refractivity contribution >= 4 is 17.5 Å². The van der Waals surface area contributed by atoms with Crippen LogP contribution in [0.3, 0.4) is 0 Å². The summed E-state index contributed by atoms with van der Waals surface area (Å²) in [5, 5.41) is 2.96. The zero-order valence-electron chi connectivity index (χ0n) is 17.6. The number of nitrogens with zero attached hydrogens (tertiary/aromatic N) is 3. The molecule has 2 amide bonds. The third-order valence-corrected chi connectivity index (χ3v) is 5.93. The lowest BCUT2D eigenvalue weighted by Gasteiger charge is -2.19. The summed E-state index contributed by atoms with van der Waals surface area (Å²) in [5.41, 5.74) is 3.41. The highest BCUT2D eigenvalue weighted by Crippen LogP contribution is 2.26. The highest BCUT2D eigenvalue weighted by atomic mass is 16.2. The van der Waals surface area contributed by atoms with E-state index in [2.05, 4.69) is 31.1 Å². The molecule has 0 bridgehead atoms. The molecule has 1 saturated heterocycles. The van der Waals surface area contributed by atoms with Crippen molar-refractivity contribution in [3.05, 3.63) is 47.0 Å². The Labute approximate surface area is 172 Å². The van der Waals surface area contributed by atoms with Crippen molar-refractivity contribution in [2.24, 2.45) is 0 Å². The van der Waals surface area contributed by atoms with Gasteiger partial charge in [0.25, 0.3) is 11.8 Å². The number of carbonyl (C=O) groups excluding carboxylic acids is 2. The van der Waals surface area contributed by atoms with Gasteiger partial charge in [-0.05, 0) is 55.2 Å². The Kier molecular flexibility index (Phi) is 5.19. The summed E-state index contributed by atoms with van der Waals surface area (Å²) in [7, 11) is 0. The maximum Gasteiger partial charge on any atom is 0.291 e. The van der Waals surface area contributed by atoms with E-state index in [1.165, 1.54) is 5.56 Å². The Bertz CT molecular complexity index is 916. The van der Waals surface area contributed by atoms with Crippen LogP contribution in [0.25, 0.3) is 0 Å². The minimum Gasteiger partial charge on any atom is -0.337 e. The Morgan fingerprint density at radius 2 is 1.62 bits per heavy atom. The van der Waals surface area contributed by atoms with Crippen LogP contribution in [0, 0.1) is 0 Å². The van der Waals surface area contributed by atoms with Crippen LogP contribution in [-0.4, -0.2) is 39.4 Å². The first-order valence-corrected chi connectivity index (χ1v) is 10.6. The number of aromatic nitrogens is 2. The van der Waals surface area contributed by atoms with Gasteiger partial charge in [0.05, 0.1) is 5.69 Å². The van der Waals surface area contributed by atoms with Gasteiger partial charge in [0.15, 0.2) is 5.82 Å². The van der Waals surface area contributed by atoms with E-state index < -0.39 is 0 Å². The standard InChI is InChI=1S/C23H30N4O2/c1-23(2,3)16-9-11-17(12-10-16)24-21(28)20-25-19(18-8-4-5-15-27(18)20)22(29)26-13-6-7-14-26/h9-12H,4-8,13-15H2,1-3H3,(H,24,28). The van der Waals surface area contributed by atoms with Gasteiger partial charge in [-0.15, -0.1) is 0 Å². The fraction of sp³-hybridized carbons (Fsp3) is 0.522. The minimum atomic E-state index is -0.253. The van der Waals surface area contributed by atoms with Crippen LogP contribution >= 0.6 is 0 Å². The number of imidazole rings is 1. The van der Waals surface area contributed by atoms with Gasteiger partial charge in [0, 0.05) is 25.3 Å². The van der Waals surface area contributed by atoms with E-state index in [0.29, 0.717) is 11.5 Å². The molecule has 0 spiro atoms. The molecule has 1 aromatic heterocycles. The number of hydrogen-bond donors (Lipinski definition) is 1. The summed E-state index contributed by atoms with van der Waals surface area (Å²) in [5.74, 6) is 0.0704. The number of anilines is 1. The monoisotopic (exact) mass is 394 g/mol. The zero-order valence-corrected chi connectivity index (χ0v) is 17.6. The third-order valence-electron chi connectivity index (χ3n) is 5.93. The molecule has 0 saturated carbocycles. The zero-order chi connectivity index (χ0) is 20.6. The molecule has 0 radical (unpaired) electrons. The van der Waals surface area contributed by atoms with Crippen molar-refractivity contribution in [3.63, 3.8) is 0 Å². The number of carbonyl (C=O) groups is 2. The molecule has 0 unspecified atom stereocenters. The minimum absolute atomic E-state index is 0.0262. The van der Waals surface area contributed by atoms with Gasteiger partial charge in [-0.25, -0.2) is 4.98 Å². The Hall–Kier alpha value is -2.63. The summed E-state index contributed by atoms with van der Waals surface area (Å²) in [6.07, 6.45) is 4.91. The van der Waals surface area contributed by atoms with Gasteiger partial charge in [-0.3, -0.25) is 9.59 Å². The fourth-order valence-electron chi connectivity index (χ4n) is 4.20. The van der Waals surface area contributed by atoms with E-state index in [0.717, 1.165) is 63.1 Å². The number of fused-ring (bicyclic) bond motifs is 1. The molecule has 2 aliphatic heterocycles. The molecule has 2 aromatic rings. The number of nitrogens with one attached hydrogen (secondary N) is 1. The smallest absolute Gasteiger partial charge is 0.291 e. The van der Waals surface area contributed by atoms with E-state index in [1.807, 2.05) is 33.7 Å². The van der Waals surface area contributed by atoms with Gasteiger partial charge in [-0.1, -0.05) is 32.9 Å². The Morgan fingerprint density at radius 3 is 2.28 bits per heavy atom. The SMILES string of the molecule is CC(C)(C)c1ccc(NC(=O)c2nc(C(=O)N3CCCC3)c3n2CCCC3)cc1. The molecule has 154 valence electrons. The lowest BCUT2D eigenvalue weighted by molar-refractivity contribution is 0.0786. The number of hydrogen-bond acceptors (Lipinski definition) is 3.